The van der Waals surface area contributed by atoms with Crippen LogP contribution in [0.25, 0.3) is 0 Å². The molecule has 0 saturated heterocycles. The van der Waals surface area contributed by atoms with E-state index in [1.54, 1.807) is 0 Å². The highest BCUT2D eigenvalue weighted by molar-refractivity contribution is 7.99. The lowest BCUT2D eigenvalue weighted by atomic mass is 10.3. The maximum atomic E-state index is 12.0. The van der Waals surface area contributed by atoms with Crippen LogP contribution in [0.5, 0.6) is 0 Å². The lowest BCUT2D eigenvalue weighted by Crippen LogP contribution is -2.10. The van der Waals surface area contributed by atoms with Crippen LogP contribution in [-0.4, -0.2) is 18.0 Å². The van der Waals surface area contributed by atoms with Gasteiger partial charge in [0.1, 0.15) is 0 Å². The zero-order valence-corrected chi connectivity index (χ0v) is 10.3. The molecule has 1 rings (SSSR count). The molecule has 0 aromatic heterocycles. The van der Waals surface area contributed by atoms with E-state index in [9.17, 15) is 18.0 Å². The second kappa shape index (κ2) is 5.78. The summed E-state index contributed by atoms with van der Waals surface area (Å²) in [6.07, 6.45) is -3.02. The van der Waals surface area contributed by atoms with Crippen LogP contribution >= 0.6 is 35.0 Å². The first-order chi connectivity index (χ1) is 7.83. The Balaban J connectivity index is 2.98. The van der Waals surface area contributed by atoms with Gasteiger partial charge >= 0.3 is 6.18 Å². The molecule has 0 amide bonds. The number of carbonyl (C=O) groups excluding carboxylic acids is 1. The van der Waals surface area contributed by atoms with Crippen LogP contribution in [0.15, 0.2) is 22.0 Å². The zero-order chi connectivity index (χ0) is 13.1. The molecule has 0 atom stereocenters. The predicted octanol–water partition coefficient (Wildman–Crippen LogP) is 4.62. The highest BCUT2D eigenvalue weighted by atomic mass is 35.5. The van der Waals surface area contributed by atoms with E-state index in [1.807, 2.05) is 0 Å². The first kappa shape index (κ1) is 14.4. The quantitative estimate of drug-likeness (QED) is 0.463. The number of hydrogen-bond donors (Lipinski definition) is 0. The van der Waals surface area contributed by atoms with Crippen molar-refractivity contribution in [1.82, 2.24) is 0 Å². The Kier molecular flexibility index (Phi) is 4.89. The molecule has 0 aliphatic carbocycles. The Morgan fingerprint density at radius 1 is 1.29 bits per heavy atom. The number of nitrogens with zero attached hydrogens (tertiary/aromatic N) is 1. The zero-order valence-electron chi connectivity index (χ0n) is 8.02. The minimum Gasteiger partial charge on any atom is -0.211 e. The van der Waals surface area contributed by atoms with Crippen LogP contribution < -0.4 is 0 Å². The molecule has 0 aliphatic rings. The number of hydrogen-bond acceptors (Lipinski definition) is 3. The fourth-order valence-corrected chi connectivity index (χ4v) is 2.46. The predicted molar refractivity (Wildman–Crippen MR) is 61.0 cm³/mol. The highest BCUT2D eigenvalue weighted by Crippen LogP contribution is 2.39. The van der Waals surface area contributed by atoms with Gasteiger partial charge in [0.25, 0.3) is 0 Å². The van der Waals surface area contributed by atoms with Crippen molar-refractivity contribution in [2.24, 2.45) is 4.99 Å². The molecule has 0 saturated carbocycles. The van der Waals surface area contributed by atoms with Crippen LogP contribution in [0.1, 0.15) is 0 Å². The molecule has 0 spiro atoms. The van der Waals surface area contributed by atoms with E-state index in [0.717, 1.165) is 0 Å². The average molecular weight is 302 g/mol. The third-order valence-corrected chi connectivity index (χ3v) is 3.56. The van der Waals surface area contributed by atoms with Crippen molar-refractivity contribution in [3.05, 3.63) is 22.2 Å². The summed E-state index contributed by atoms with van der Waals surface area (Å²) in [5.74, 6) is -1.09. The van der Waals surface area contributed by atoms with Crippen molar-refractivity contribution in [2.45, 2.75) is 11.1 Å². The van der Waals surface area contributed by atoms with Crippen LogP contribution in [-0.2, 0) is 4.79 Å². The van der Waals surface area contributed by atoms with Gasteiger partial charge in [-0.15, -0.1) is 11.8 Å². The molecule has 0 bridgehead atoms. The summed E-state index contributed by atoms with van der Waals surface area (Å²) in [5, 5.41) is 0.0292. The number of isocyanates is 1. The van der Waals surface area contributed by atoms with Crippen LogP contribution in [0, 0.1) is 0 Å². The summed E-state index contributed by atoms with van der Waals surface area (Å²) >= 11 is 12.0. The molecule has 0 aliphatic heterocycles. The summed E-state index contributed by atoms with van der Waals surface area (Å²) in [6.45, 7) is 0. The number of benzene rings is 1. The maximum Gasteiger partial charge on any atom is 0.398 e. The minimum absolute atomic E-state index is 0.0146. The van der Waals surface area contributed by atoms with Crippen molar-refractivity contribution < 1.29 is 18.0 Å². The second-order valence-corrected chi connectivity index (χ2v) is 4.65. The molecular weight excluding hydrogens is 298 g/mol. The van der Waals surface area contributed by atoms with E-state index < -0.39 is 11.9 Å². The summed E-state index contributed by atoms with van der Waals surface area (Å²) in [6, 6.07) is 2.49. The van der Waals surface area contributed by atoms with E-state index in [1.165, 1.54) is 18.2 Å². The number of thioether (sulfide) groups is 1. The molecule has 0 heterocycles. The molecular formula is C9H4Cl2F3NOS. The van der Waals surface area contributed by atoms with E-state index in [4.69, 9.17) is 23.2 Å². The van der Waals surface area contributed by atoms with E-state index in [0.29, 0.717) is 11.8 Å². The standard InChI is InChI=1S/C9H4Cl2F3NOS/c10-6-1-5(15-4-16)2-7(11)8(6)17-3-9(12,13)14/h1-2H,3H2. The van der Waals surface area contributed by atoms with Gasteiger partial charge in [0.2, 0.25) is 6.08 Å². The lowest BCUT2D eigenvalue weighted by molar-refractivity contribution is -0.105. The van der Waals surface area contributed by atoms with E-state index >= 15 is 0 Å². The molecule has 1 aromatic carbocycles. The molecule has 8 heteroatoms. The summed E-state index contributed by atoms with van der Waals surface area (Å²) in [5.41, 5.74) is 0.145. The Morgan fingerprint density at radius 2 is 1.82 bits per heavy atom. The second-order valence-electron chi connectivity index (χ2n) is 2.85. The van der Waals surface area contributed by atoms with Gasteiger partial charge in [0, 0.05) is 4.90 Å². The Bertz CT molecular complexity index is 449. The molecule has 92 valence electrons. The van der Waals surface area contributed by atoms with Gasteiger partial charge in [-0.25, -0.2) is 4.79 Å². The van der Waals surface area contributed by atoms with Crippen molar-refractivity contribution in [3.8, 4) is 0 Å². The van der Waals surface area contributed by atoms with Gasteiger partial charge in [0.05, 0.1) is 21.5 Å². The first-order valence-electron chi connectivity index (χ1n) is 4.10. The van der Waals surface area contributed by atoms with E-state index in [2.05, 4.69) is 4.99 Å². The largest absolute Gasteiger partial charge is 0.398 e. The van der Waals surface area contributed by atoms with Crippen LogP contribution in [0.2, 0.25) is 10.0 Å². The van der Waals surface area contributed by atoms with Gasteiger partial charge in [-0.1, -0.05) is 23.2 Å². The number of halogens is 5. The Hall–Kier alpha value is -0.680. The van der Waals surface area contributed by atoms with Gasteiger partial charge in [0.15, 0.2) is 0 Å². The van der Waals surface area contributed by atoms with Crippen molar-refractivity contribution in [1.29, 1.82) is 0 Å². The maximum absolute atomic E-state index is 12.0. The lowest BCUT2D eigenvalue weighted by Gasteiger charge is -2.09. The molecule has 0 radical (unpaired) electrons. The summed E-state index contributed by atoms with van der Waals surface area (Å²) in [7, 11) is 0. The normalized spacial score (nSPS) is 11.1. The van der Waals surface area contributed by atoms with Gasteiger partial charge in [-0.2, -0.15) is 18.2 Å². The number of rotatable bonds is 3. The fraction of sp³-hybridized carbons (Fsp3) is 0.222. The Labute approximate surface area is 109 Å². The monoisotopic (exact) mass is 301 g/mol. The number of alkyl halides is 3. The molecule has 0 unspecified atom stereocenters. The highest BCUT2D eigenvalue weighted by Gasteiger charge is 2.28. The third-order valence-electron chi connectivity index (χ3n) is 1.54. The average Bonchev–Trinajstić information content (AvgIpc) is 2.14. The van der Waals surface area contributed by atoms with Crippen LogP contribution in [0.4, 0.5) is 18.9 Å². The van der Waals surface area contributed by atoms with Crippen LogP contribution in [0.3, 0.4) is 0 Å². The molecule has 0 N–H and O–H groups in total. The SMILES string of the molecule is O=C=Nc1cc(Cl)c(SCC(F)(F)F)c(Cl)c1. The summed E-state index contributed by atoms with van der Waals surface area (Å²) < 4.78 is 36.1. The van der Waals surface area contributed by atoms with Crippen molar-refractivity contribution in [3.63, 3.8) is 0 Å². The summed E-state index contributed by atoms with van der Waals surface area (Å²) in [4.78, 5) is 13.4. The molecule has 2 nitrogen and oxygen atoms in total. The van der Waals surface area contributed by atoms with Gasteiger partial charge < -0.3 is 0 Å². The van der Waals surface area contributed by atoms with E-state index in [-0.39, 0.29) is 20.6 Å². The molecule has 17 heavy (non-hydrogen) atoms. The smallest absolute Gasteiger partial charge is 0.211 e. The van der Waals surface area contributed by atoms with Crippen molar-refractivity contribution in [2.75, 3.05) is 5.75 Å². The van der Waals surface area contributed by atoms with Gasteiger partial charge in [-0.05, 0) is 12.1 Å². The first-order valence-corrected chi connectivity index (χ1v) is 5.84. The molecule has 0 fully saturated rings. The minimum atomic E-state index is -4.31. The number of aliphatic imine (C=N–C) groups is 1. The van der Waals surface area contributed by atoms with Gasteiger partial charge in [-0.3, -0.25) is 0 Å². The fourth-order valence-electron chi connectivity index (χ4n) is 0.956. The molecule has 1 aromatic rings. The Morgan fingerprint density at radius 3 is 2.24 bits per heavy atom. The topological polar surface area (TPSA) is 29.4 Å². The van der Waals surface area contributed by atoms with Crippen molar-refractivity contribution >= 4 is 46.7 Å². The third kappa shape index (κ3) is 4.60.